The summed E-state index contributed by atoms with van der Waals surface area (Å²) in [7, 11) is 1.75. The van der Waals surface area contributed by atoms with E-state index < -0.39 is 0 Å². The van der Waals surface area contributed by atoms with Crippen molar-refractivity contribution < 1.29 is 9.21 Å². The van der Waals surface area contributed by atoms with E-state index in [1.165, 1.54) is 6.26 Å². The van der Waals surface area contributed by atoms with Crippen LogP contribution in [0.3, 0.4) is 0 Å². The Labute approximate surface area is 151 Å². The van der Waals surface area contributed by atoms with Crippen LogP contribution in [0.25, 0.3) is 0 Å². The molecule has 0 aliphatic heterocycles. The van der Waals surface area contributed by atoms with E-state index >= 15 is 0 Å². The number of nitrogens with one attached hydrogen (secondary N) is 3. The summed E-state index contributed by atoms with van der Waals surface area (Å²) in [5, 5.41) is 9.38. The number of carbonyl (C=O) groups excluding carboxylic acids is 1. The molecule has 0 radical (unpaired) electrons. The fourth-order valence-corrected chi connectivity index (χ4v) is 2.51. The molecule has 0 spiro atoms. The molecule has 1 rings (SSSR count). The van der Waals surface area contributed by atoms with Gasteiger partial charge in [0, 0.05) is 26.2 Å². The first-order chi connectivity index (χ1) is 12.1. The van der Waals surface area contributed by atoms with Crippen LogP contribution in [-0.4, -0.2) is 62.6 Å². The van der Waals surface area contributed by atoms with Crippen LogP contribution >= 0.6 is 0 Å². The Balaban J connectivity index is 2.17. The molecule has 1 unspecified atom stereocenters. The van der Waals surface area contributed by atoms with Gasteiger partial charge in [0.1, 0.15) is 0 Å². The molecule has 3 N–H and O–H groups in total. The van der Waals surface area contributed by atoms with Gasteiger partial charge in [-0.2, -0.15) is 0 Å². The summed E-state index contributed by atoms with van der Waals surface area (Å²) < 4.78 is 5.05. The van der Waals surface area contributed by atoms with Gasteiger partial charge in [0.25, 0.3) is 5.91 Å². The number of rotatable bonds is 11. The van der Waals surface area contributed by atoms with E-state index in [1.54, 1.807) is 19.2 Å². The Morgan fingerprint density at radius 1 is 1.28 bits per heavy atom. The largest absolute Gasteiger partial charge is 0.459 e. The summed E-state index contributed by atoms with van der Waals surface area (Å²) in [5.41, 5.74) is 0. The Kier molecular flexibility index (Phi) is 10.4. The second-order valence-corrected chi connectivity index (χ2v) is 5.95. The summed E-state index contributed by atoms with van der Waals surface area (Å²) in [6.07, 6.45) is 3.74. The Morgan fingerprint density at radius 3 is 2.60 bits per heavy atom. The predicted octanol–water partition coefficient (Wildman–Crippen LogP) is 1.68. The van der Waals surface area contributed by atoms with Gasteiger partial charge in [0.05, 0.1) is 6.26 Å². The molecule has 0 aliphatic rings. The van der Waals surface area contributed by atoms with Gasteiger partial charge >= 0.3 is 0 Å². The third-order valence-electron chi connectivity index (χ3n) is 4.06. The van der Waals surface area contributed by atoms with Crippen molar-refractivity contribution >= 4 is 11.9 Å². The van der Waals surface area contributed by atoms with Gasteiger partial charge in [0.2, 0.25) is 0 Å². The maximum atomic E-state index is 11.7. The molecule has 7 nitrogen and oxygen atoms in total. The molecule has 0 aliphatic carbocycles. The Bertz CT molecular complexity index is 498. The van der Waals surface area contributed by atoms with Crippen molar-refractivity contribution in [3.05, 3.63) is 24.2 Å². The molecule has 7 heteroatoms. The summed E-state index contributed by atoms with van der Waals surface area (Å²) in [6.45, 7) is 11.0. The van der Waals surface area contributed by atoms with Crippen molar-refractivity contribution in [3.63, 3.8) is 0 Å². The SMILES string of the molecule is CCN(CC)CCCC(C)NC(=NC)NCCNC(=O)c1ccco1. The minimum atomic E-state index is -0.209. The van der Waals surface area contributed by atoms with E-state index in [0.29, 0.717) is 24.9 Å². The van der Waals surface area contributed by atoms with Gasteiger partial charge in [-0.1, -0.05) is 13.8 Å². The van der Waals surface area contributed by atoms with E-state index in [2.05, 4.69) is 46.6 Å². The van der Waals surface area contributed by atoms with Crippen molar-refractivity contribution in [1.29, 1.82) is 0 Å². The number of guanidine groups is 1. The molecule has 0 saturated carbocycles. The first-order valence-corrected chi connectivity index (χ1v) is 9.11. The van der Waals surface area contributed by atoms with Gasteiger partial charge in [-0.15, -0.1) is 0 Å². The lowest BCUT2D eigenvalue weighted by Gasteiger charge is -2.21. The quantitative estimate of drug-likeness (QED) is 0.321. The molecule has 1 aromatic heterocycles. The summed E-state index contributed by atoms with van der Waals surface area (Å²) >= 11 is 0. The van der Waals surface area contributed by atoms with Crippen LogP contribution in [0.5, 0.6) is 0 Å². The summed E-state index contributed by atoms with van der Waals surface area (Å²) in [5.74, 6) is 0.867. The lowest BCUT2D eigenvalue weighted by Crippen LogP contribution is -2.45. The monoisotopic (exact) mass is 351 g/mol. The molecule has 1 aromatic rings. The lowest BCUT2D eigenvalue weighted by molar-refractivity contribution is 0.0926. The highest BCUT2D eigenvalue weighted by molar-refractivity contribution is 5.91. The second kappa shape index (κ2) is 12.4. The highest BCUT2D eigenvalue weighted by atomic mass is 16.3. The zero-order chi connectivity index (χ0) is 18.5. The normalized spacial score (nSPS) is 12.9. The standard InChI is InChI=1S/C18H33N5O2/c1-5-23(6-2)13-7-9-15(3)22-18(19-4)21-12-11-20-17(24)16-10-8-14-25-16/h8,10,14-15H,5-7,9,11-13H2,1-4H3,(H,20,24)(H2,19,21,22). The number of furan rings is 1. The van der Waals surface area contributed by atoms with Crippen LogP contribution in [0.4, 0.5) is 0 Å². The first-order valence-electron chi connectivity index (χ1n) is 9.11. The maximum absolute atomic E-state index is 11.7. The van der Waals surface area contributed by atoms with E-state index in [-0.39, 0.29) is 5.91 Å². The highest BCUT2D eigenvalue weighted by Crippen LogP contribution is 2.00. The van der Waals surface area contributed by atoms with Crippen LogP contribution < -0.4 is 16.0 Å². The number of nitrogens with zero attached hydrogens (tertiary/aromatic N) is 2. The van der Waals surface area contributed by atoms with Crippen LogP contribution in [0.2, 0.25) is 0 Å². The van der Waals surface area contributed by atoms with Crippen LogP contribution in [-0.2, 0) is 0 Å². The third-order valence-corrected chi connectivity index (χ3v) is 4.06. The molecular formula is C18H33N5O2. The molecule has 25 heavy (non-hydrogen) atoms. The topological polar surface area (TPSA) is 81.9 Å². The third kappa shape index (κ3) is 8.58. The molecule has 1 amide bonds. The van der Waals surface area contributed by atoms with Crippen LogP contribution in [0.1, 0.15) is 44.2 Å². The number of aliphatic imine (C=N–C) groups is 1. The number of hydrogen-bond acceptors (Lipinski definition) is 4. The van der Waals surface area contributed by atoms with Gasteiger partial charge in [-0.05, 0) is 51.5 Å². The summed E-state index contributed by atoms with van der Waals surface area (Å²) in [4.78, 5) is 18.4. The fourth-order valence-electron chi connectivity index (χ4n) is 2.51. The molecule has 1 heterocycles. The average molecular weight is 351 g/mol. The molecule has 0 bridgehead atoms. The minimum Gasteiger partial charge on any atom is -0.459 e. The lowest BCUT2D eigenvalue weighted by atomic mass is 10.2. The first kappa shape index (κ1) is 21.0. The van der Waals surface area contributed by atoms with E-state index in [4.69, 9.17) is 4.42 Å². The Morgan fingerprint density at radius 2 is 2.00 bits per heavy atom. The predicted molar refractivity (Wildman–Crippen MR) is 102 cm³/mol. The van der Waals surface area contributed by atoms with Gasteiger partial charge in [0.15, 0.2) is 11.7 Å². The zero-order valence-corrected chi connectivity index (χ0v) is 16.0. The average Bonchev–Trinajstić information content (AvgIpc) is 3.16. The van der Waals surface area contributed by atoms with Crippen molar-refractivity contribution in [2.75, 3.05) is 39.8 Å². The molecule has 0 saturated heterocycles. The summed E-state index contributed by atoms with van der Waals surface area (Å²) in [6, 6.07) is 3.68. The van der Waals surface area contributed by atoms with Crippen molar-refractivity contribution in [2.24, 2.45) is 4.99 Å². The van der Waals surface area contributed by atoms with Crippen molar-refractivity contribution in [3.8, 4) is 0 Å². The molecule has 142 valence electrons. The van der Waals surface area contributed by atoms with E-state index in [0.717, 1.165) is 38.4 Å². The molecule has 0 fully saturated rings. The number of hydrogen-bond donors (Lipinski definition) is 3. The van der Waals surface area contributed by atoms with Crippen LogP contribution in [0, 0.1) is 0 Å². The minimum absolute atomic E-state index is 0.209. The van der Waals surface area contributed by atoms with Gasteiger partial charge < -0.3 is 25.3 Å². The van der Waals surface area contributed by atoms with E-state index in [1.807, 2.05) is 0 Å². The van der Waals surface area contributed by atoms with E-state index in [9.17, 15) is 4.79 Å². The fraction of sp³-hybridized carbons (Fsp3) is 0.667. The van der Waals surface area contributed by atoms with Crippen LogP contribution in [0.15, 0.2) is 27.8 Å². The molecule has 0 aromatic carbocycles. The highest BCUT2D eigenvalue weighted by Gasteiger charge is 2.08. The number of carbonyl (C=O) groups is 1. The van der Waals surface area contributed by atoms with Gasteiger partial charge in [-0.3, -0.25) is 9.79 Å². The molecular weight excluding hydrogens is 318 g/mol. The second-order valence-electron chi connectivity index (χ2n) is 5.95. The van der Waals surface area contributed by atoms with Crippen molar-refractivity contribution in [1.82, 2.24) is 20.9 Å². The smallest absolute Gasteiger partial charge is 0.287 e. The molecule has 1 atom stereocenters. The maximum Gasteiger partial charge on any atom is 0.287 e. The van der Waals surface area contributed by atoms with Crippen molar-refractivity contribution in [2.45, 2.75) is 39.7 Å². The number of amides is 1. The Hall–Kier alpha value is -2.02. The zero-order valence-electron chi connectivity index (χ0n) is 16.0. The van der Waals surface area contributed by atoms with Gasteiger partial charge in [-0.25, -0.2) is 0 Å².